The summed E-state index contributed by atoms with van der Waals surface area (Å²) < 4.78 is 23.2. The maximum Gasteiger partial charge on any atom is 0.242 e. The summed E-state index contributed by atoms with van der Waals surface area (Å²) in [5.74, 6) is 0.0103. The van der Waals surface area contributed by atoms with E-state index in [0.717, 1.165) is 12.7 Å². The van der Waals surface area contributed by atoms with Crippen molar-refractivity contribution >= 4 is 21.6 Å². The Kier molecular flexibility index (Phi) is 5.29. The van der Waals surface area contributed by atoms with Crippen LogP contribution >= 0.6 is 0 Å². The molecule has 1 unspecified atom stereocenters. The van der Waals surface area contributed by atoms with Gasteiger partial charge in [0.2, 0.25) is 5.91 Å². The Morgan fingerprint density at radius 1 is 1.47 bits per heavy atom. The first-order valence-electron chi connectivity index (χ1n) is 6.05. The van der Waals surface area contributed by atoms with Crippen LogP contribution in [0.25, 0.3) is 0 Å². The fourth-order valence-corrected chi connectivity index (χ4v) is 2.26. The van der Waals surface area contributed by atoms with Crippen LogP contribution in [0.15, 0.2) is 23.2 Å². The number of aromatic nitrogens is 1. The molecule has 0 aliphatic rings. The maximum absolute atomic E-state index is 11.7. The van der Waals surface area contributed by atoms with Crippen molar-refractivity contribution in [3.8, 4) is 0 Å². The average Bonchev–Trinajstić information content (AvgIpc) is 2.35. The molecule has 0 fully saturated rings. The molecule has 1 aromatic heterocycles. The maximum atomic E-state index is 11.7. The van der Waals surface area contributed by atoms with Crippen LogP contribution in [0.3, 0.4) is 0 Å². The predicted molar refractivity (Wildman–Crippen MR) is 73.7 cm³/mol. The normalized spacial score (nSPS) is 12.8. The van der Waals surface area contributed by atoms with E-state index in [2.05, 4.69) is 15.6 Å². The minimum atomic E-state index is -3.38. The van der Waals surface area contributed by atoms with Crippen molar-refractivity contribution < 1.29 is 13.2 Å². The van der Waals surface area contributed by atoms with Gasteiger partial charge >= 0.3 is 0 Å². The third-order valence-electron chi connectivity index (χ3n) is 2.47. The molecule has 0 radical (unpaired) electrons. The van der Waals surface area contributed by atoms with Crippen molar-refractivity contribution in [2.45, 2.75) is 31.2 Å². The first-order chi connectivity index (χ1) is 8.86. The molecule has 0 saturated carbocycles. The SMILES string of the molecule is CCCNC(=O)C(C)Nc1ncccc1S(C)(=O)=O. The number of amides is 1. The van der Waals surface area contributed by atoms with Gasteiger partial charge in [-0.3, -0.25) is 4.79 Å². The standard InChI is InChI=1S/C12H19N3O3S/c1-4-7-14-12(16)9(2)15-11-10(19(3,17)18)6-5-8-13-11/h5-6,8-9H,4,7H2,1-3H3,(H,13,15)(H,14,16). The van der Waals surface area contributed by atoms with Crippen molar-refractivity contribution in [1.82, 2.24) is 10.3 Å². The Bertz CT molecular complexity index is 543. The van der Waals surface area contributed by atoms with Gasteiger partial charge in [-0.05, 0) is 25.5 Å². The topological polar surface area (TPSA) is 88.2 Å². The molecule has 0 bridgehead atoms. The minimum Gasteiger partial charge on any atom is -0.358 e. The highest BCUT2D eigenvalue weighted by Crippen LogP contribution is 2.18. The smallest absolute Gasteiger partial charge is 0.242 e. The molecule has 6 nitrogen and oxygen atoms in total. The van der Waals surface area contributed by atoms with E-state index in [-0.39, 0.29) is 16.6 Å². The molecular formula is C12H19N3O3S. The zero-order chi connectivity index (χ0) is 14.5. The third kappa shape index (κ3) is 4.51. The largest absolute Gasteiger partial charge is 0.358 e. The zero-order valence-corrected chi connectivity index (χ0v) is 12.1. The third-order valence-corrected chi connectivity index (χ3v) is 3.59. The monoisotopic (exact) mass is 285 g/mol. The van der Waals surface area contributed by atoms with Gasteiger partial charge in [-0.25, -0.2) is 13.4 Å². The van der Waals surface area contributed by atoms with E-state index < -0.39 is 15.9 Å². The molecule has 7 heteroatoms. The molecule has 2 N–H and O–H groups in total. The van der Waals surface area contributed by atoms with Crippen LogP contribution in [-0.2, 0) is 14.6 Å². The average molecular weight is 285 g/mol. The second-order valence-electron chi connectivity index (χ2n) is 4.28. The summed E-state index contributed by atoms with van der Waals surface area (Å²) >= 11 is 0. The van der Waals surface area contributed by atoms with Crippen molar-refractivity contribution in [2.24, 2.45) is 0 Å². The number of nitrogens with one attached hydrogen (secondary N) is 2. The number of pyridine rings is 1. The van der Waals surface area contributed by atoms with E-state index >= 15 is 0 Å². The van der Waals surface area contributed by atoms with Crippen LogP contribution < -0.4 is 10.6 Å². The van der Waals surface area contributed by atoms with Gasteiger partial charge in [0.05, 0.1) is 0 Å². The fraction of sp³-hybridized carbons (Fsp3) is 0.500. The number of anilines is 1. The molecule has 0 saturated heterocycles. The number of nitrogens with zero attached hydrogens (tertiary/aromatic N) is 1. The molecule has 0 aliphatic carbocycles. The van der Waals surface area contributed by atoms with Gasteiger partial charge in [0.15, 0.2) is 9.84 Å². The van der Waals surface area contributed by atoms with Gasteiger partial charge in [-0.15, -0.1) is 0 Å². The van der Waals surface area contributed by atoms with Gasteiger partial charge in [0.25, 0.3) is 0 Å². The molecule has 0 aliphatic heterocycles. The second-order valence-corrected chi connectivity index (χ2v) is 6.26. The summed E-state index contributed by atoms with van der Waals surface area (Å²) in [5, 5.41) is 5.56. The Morgan fingerprint density at radius 3 is 2.74 bits per heavy atom. The summed E-state index contributed by atoms with van der Waals surface area (Å²) in [6.45, 7) is 4.20. The van der Waals surface area contributed by atoms with Crippen molar-refractivity contribution in [2.75, 3.05) is 18.1 Å². The van der Waals surface area contributed by atoms with Gasteiger partial charge in [-0.1, -0.05) is 6.92 Å². The first-order valence-corrected chi connectivity index (χ1v) is 7.94. The van der Waals surface area contributed by atoms with E-state index in [1.807, 2.05) is 6.92 Å². The lowest BCUT2D eigenvalue weighted by Gasteiger charge is -2.16. The van der Waals surface area contributed by atoms with Crippen LogP contribution in [0.1, 0.15) is 20.3 Å². The van der Waals surface area contributed by atoms with Gasteiger partial charge in [0, 0.05) is 19.0 Å². The molecule has 1 heterocycles. The molecule has 0 aromatic carbocycles. The Hall–Kier alpha value is -1.63. The molecule has 1 atom stereocenters. The van der Waals surface area contributed by atoms with Gasteiger partial charge < -0.3 is 10.6 Å². The van der Waals surface area contributed by atoms with Crippen molar-refractivity contribution in [3.63, 3.8) is 0 Å². The highest BCUT2D eigenvalue weighted by Gasteiger charge is 2.18. The summed E-state index contributed by atoms with van der Waals surface area (Å²) in [6, 6.07) is 2.45. The second kappa shape index (κ2) is 6.51. The highest BCUT2D eigenvalue weighted by molar-refractivity contribution is 7.90. The van der Waals surface area contributed by atoms with Crippen molar-refractivity contribution in [1.29, 1.82) is 0 Å². The summed E-state index contributed by atoms with van der Waals surface area (Å²) in [7, 11) is -3.38. The van der Waals surface area contributed by atoms with E-state index in [0.29, 0.717) is 6.54 Å². The van der Waals surface area contributed by atoms with Crippen LogP contribution in [-0.4, -0.2) is 38.2 Å². The van der Waals surface area contributed by atoms with E-state index in [9.17, 15) is 13.2 Å². The summed E-state index contributed by atoms with van der Waals surface area (Å²) in [4.78, 5) is 15.8. The fourth-order valence-electron chi connectivity index (χ4n) is 1.47. The Morgan fingerprint density at radius 2 is 2.16 bits per heavy atom. The van der Waals surface area contributed by atoms with Gasteiger partial charge in [0.1, 0.15) is 16.8 Å². The summed E-state index contributed by atoms with van der Waals surface area (Å²) in [5.41, 5.74) is 0. The van der Waals surface area contributed by atoms with Crippen LogP contribution in [0.4, 0.5) is 5.82 Å². The van der Waals surface area contributed by atoms with Crippen LogP contribution in [0, 0.1) is 0 Å². The lowest BCUT2D eigenvalue weighted by Crippen LogP contribution is -2.38. The molecule has 1 rings (SSSR count). The quantitative estimate of drug-likeness (QED) is 0.807. The lowest BCUT2D eigenvalue weighted by molar-refractivity contribution is -0.121. The molecule has 19 heavy (non-hydrogen) atoms. The number of hydrogen-bond acceptors (Lipinski definition) is 5. The number of sulfone groups is 1. The highest BCUT2D eigenvalue weighted by atomic mass is 32.2. The molecule has 1 aromatic rings. The number of rotatable bonds is 6. The first kappa shape index (κ1) is 15.4. The van der Waals surface area contributed by atoms with Crippen molar-refractivity contribution in [3.05, 3.63) is 18.3 Å². The van der Waals surface area contributed by atoms with Gasteiger partial charge in [-0.2, -0.15) is 0 Å². The molecule has 106 valence electrons. The Balaban J connectivity index is 2.86. The van der Waals surface area contributed by atoms with E-state index in [1.165, 1.54) is 12.3 Å². The number of hydrogen-bond donors (Lipinski definition) is 2. The van der Waals surface area contributed by atoms with E-state index in [1.54, 1.807) is 13.0 Å². The number of carbonyl (C=O) groups is 1. The van der Waals surface area contributed by atoms with Crippen LogP contribution in [0.2, 0.25) is 0 Å². The Labute approximate surface area is 113 Å². The predicted octanol–water partition coefficient (Wildman–Crippen LogP) is 0.812. The molecule has 0 spiro atoms. The zero-order valence-electron chi connectivity index (χ0n) is 11.3. The molecule has 1 amide bonds. The molecular weight excluding hydrogens is 266 g/mol. The lowest BCUT2D eigenvalue weighted by atomic mass is 10.3. The van der Waals surface area contributed by atoms with Crippen LogP contribution in [0.5, 0.6) is 0 Å². The minimum absolute atomic E-state index is 0.0881. The number of carbonyl (C=O) groups excluding carboxylic acids is 1. The van der Waals surface area contributed by atoms with E-state index in [4.69, 9.17) is 0 Å². The summed E-state index contributed by atoms with van der Waals surface area (Å²) in [6.07, 6.45) is 3.43.